The van der Waals surface area contributed by atoms with Crippen molar-refractivity contribution in [3.8, 4) is 0 Å². The lowest BCUT2D eigenvalue weighted by Gasteiger charge is -2.57. The lowest BCUT2D eigenvalue weighted by Crippen LogP contribution is -2.46. The second-order valence-electron chi connectivity index (χ2n) is 8.83. The van der Waals surface area contributed by atoms with Crippen molar-refractivity contribution in [2.24, 2.45) is 23.2 Å². The summed E-state index contributed by atoms with van der Waals surface area (Å²) in [7, 11) is 0. The van der Waals surface area contributed by atoms with Gasteiger partial charge >= 0.3 is 12.0 Å². The predicted octanol–water partition coefficient (Wildman–Crippen LogP) is 2.63. The van der Waals surface area contributed by atoms with Crippen LogP contribution in [-0.2, 0) is 14.3 Å². The van der Waals surface area contributed by atoms with Crippen molar-refractivity contribution in [1.29, 1.82) is 0 Å². The van der Waals surface area contributed by atoms with Gasteiger partial charge in [-0.05, 0) is 75.5 Å². The van der Waals surface area contributed by atoms with Gasteiger partial charge in [0, 0.05) is 19.2 Å². The van der Waals surface area contributed by atoms with Gasteiger partial charge in [-0.25, -0.2) is 9.59 Å². The maximum absolute atomic E-state index is 12.4. The van der Waals surface area contributed by atoms with E-state index in [9.17, 15) is 14.4 Å². The fourth-order valence-electron chi connectivity index (χ4n) is 6.08. The van der Waals surface area contributed by atoms with Gasteiger partial charge in [0.15, 0.2) is 6.10 Å². The lowest BCUT2D eigenvalue weighted by molar-refractivity contribution is -0.153. The zero-order chi connectivity index (χ0) is 18.5. The molecule has 6 nitrogen and oxygen atoms in total. The molecule has 1 heterocycles. The van der Waals surface area contributed by atoms with Crippen LogP contribution in [0.4, 0.5) is 4.79 Å². The minimum Gasteiger partial charge on any atom is -0.449 e. The monoisotopic (exact) mass is 360 g/mol. The van der Waals surface area contributed by atoms with Gasteiger partial charge in [-0.2, -0.15) is 0 Å². The van der Waals surface area contributed by atoms with E-state index in [4.69, 9.17) is 4.74 Å². The van der Waals surface area contributed by atoms with Crippen molar-refractivity contribution < 1.29 is 19.1 Å². The van der Waals surface area contributed by atoms with Crippen LogP contribution in [0.2, 0.25) is 0 Å². The van der Waals surface area contributed by atoms with E-state index in [0.717, 1.165) is 28.2 Å². The number of carbonyl (C=O) groups is 3. The first-order valence-electron chi connectivity index (χ1n) is 9.85. The Morgan fingerprint density at radius 2 is 1.77 bits per heavy atom. The molecule has 6 heteroatoms. The molecule has 26 heavy (non-hydrogen) atoms. The molecule has 142 valence electrons. The van der Waals surface area contributed by atoms with E-state index in [-0.39, 0.29) is 5.41 Å². The average Bonchev–Trinajstić information content (AvgIpc) is 2.98. The molecular weight excluding hydrogens is 332 g/mol. The standard InChI is InChI=1S/C20H28N2O4/c1-12(20-9-14-6-15(10-20)8-16(7-14)11-20)5-17(23)26-13(2)18(24)22-4-3-21-19(22)25/h5,13-16H,3-4,6-11H2,1-2H3,(H,21,25)/b12-5-/t13-,14?,15?,16?,20?/m1/s1. The smallest absolute Gasteiger partial charge is 0.331 e. The Kier molecular flexibility index (Phi) is 4.32. The van der Waals surface area contributed by atoms with Crippen LogP contribution in [0.15, 0.2) is 11.6 Å². The third-order valence-corrected chi connectivity index (χ3v) is 6.97. The van der Waals surface area contributed by atoms with E-state index in [1.165, 1.54) is 45.4 Å². The first-order chi connectivity index (χ1) is 12.4. The van der Waals surface area contributed by atoms with Crippen molar-refractivity contribution in [1.82, 2.24) is 10.2 Å². The molecule has 1 N–H and O–H groups in total. The fraction of sp³-hybridized carbons (Fsp3) is 0.750. The van der Waals surface area contributed by atoms with E-state index in [1.807, 2.05) is 0 Å². The van der Waals surface area contributed by atoms with Gasteiger partial charge < -0.3 is 10.1 Å². The molecule has 0 aromatic rings. The normalized spacial score (nSPS) is 36.8. The molecule has 4 saturated carbocycles. The van der Waals surface area contributed by atoms with Crippen molar-refractivity contribution in [3.63, 3.8) is 0 Å². The molecule has 0 aromatic carbocycles. The van der Waals surface area contributed by atoms with Crippen molar-refractivity contribution >= 4 is 17.9 Å². The Hall–Kier alpha value is -1.85. The summed E-state index contributed by atoms with van der Waals surface area (Å²) < 4.78 is 5.32. The van der Waals surface area contributed by atoms with Gasteiger partial charge in [0.1, 0.15) is 0 Å². The van der Waals surface area contributed by atoms with Crippen LogP contribution in [0.3, 0.4) is 0 Å². The molecule has 0 spiro atoms. The summed E-state index contributed by atoms with van der Waals surface area (Å²) in [6.07, 6.45) is 8.31. The molecule has 3 amide bonds. The number of carbonyl (C=O) groups excluding carboxylic acids is 3. The summed E-state index contributed by atoms with van der Waals surface area (Å²) in [5.41, 5.74) is 1.27. The molecule has 0 radical (unpaired) electrons. The van der Waals surface area contributed by atoms with Gasteiger partial charge in [0.2, 0.25) is 0 Å². The molecule has 1 aliphatic heterocycles. The summed E-state index contributed by atoms with van der Waals surface area (Å²) in [5, 5.41) is 2.58. The van der Waals surface area contributed by atoms with E-state index in [0.29, 0.717) is 13.1 Å². The van der Waals surface area contributed by atoms with Gasteiger partial charge in [-0.3, -0.25) is 9.69 Å². The number of hydrogen-bond acceptors (Lipinski definition) is 4. The molecule has 4 bridgehead atoms. The second-order valence-corrected chi connectivity index (χ2v) is 8.83. The summed E-state index contributed by atoms with van der Waals surface area (Å²) in [6, 6.07) is -0.418. The number of nitrogens with zero attached hydrogens (tertiary/aromatic N) is 1. The molecule has 5 rings (SSSR count). The van der Waals surface area contributed by atoms with E-state index in [1.54, 1.807) is 6.08 Å². The minimum absolute atomic E-state index is 0.163. The first kappa shape index (κ1) is 17.6. The van der Waals surface area contributed by atoms with E-state index >= 15 is 0 Å². The third kappa shape index (κ3) is 3.03. The maximum Gasteiger partial charge on any atom is 0.331 e. The zero-order valence-electron chi connectivity index (χ0n) is 15.6. The molecule has 1 atom stereocenters. The quantitative estimate of drug-likeness (QED) is 0.618. The number of allylic oxidation sites excluding steroid dienone is 1. The van der Waals surface area contributed by atoms with Gasteiger partial charge in [0.05, 0.1) is 0 Å². The largest absolute Gasteiger partial charge is 0.449 e. The number of amides is 3. The third-order valence-electron chi connectivity index (χ3n) is 6.97. The summed E-state index contributed by atoms with van der Waals surface area (Å²) in [5.74, 6) is 1.51. The highest BCUT2D eigenvalue weighted by atomic mass is 16.5. The van der Waals surface area contributed by atoms with Crippen LogP contribution in [0.5, 0.6) is 0 Å². The Labute approximate surface area is 154 Å². The van der Waals surface area contributed by atoms with Crippen LogP contribution in [0.1, 0.15) is 52.4 Å². The number of urea groups is 1. The van der Waals surface area contributed by atoms with E-state index < -0.39 is 24.0 Å². The van der Waals surface area contributed by atoms with Crippen molar-refractivity contribution in [3.05, 3.63) is 11.6 Å². The molecule has 5 fully saturated rings. The highest BCUT2D eigenvalue weighted by molar-refractivity contribution is 5.98. The fourth-order valence-corrected chi connectivity index (χ4v) is 6.08. The molecule has 0 aromatic heterocycles. The Morgan fingerprint density at radius 1 is 1.19 bits per heavy atom. The Bertz CT molecular complexity index is 633. The summed E-state index contributed by atoms with van der Waals surface area (Å²) in [6.45, 7) is 4.34. The topological polar surface area (TPSA) is 75.7 Å². The van der Waals surface area contributed by atoms with Crippen molar-refractivity contribution in [2.75, 3.05) is 13.1 Å². The van der Waals surface area contributed by atoms with Gasteiger partial charge in [-0.1, -0.05) is 5.57 Å². The van der Waals surface area contributed by atoms with Gasteiger partial charge in [0.25, 0.3) is 5.91 Å². The maximum atomic E-state index is 12.4. The number of esters is 1. The van der Waals surface area contributed by atoms with Crippen LogP contribution in [-0.4, -0.2) is 42.0 Å². The highest BCUT2D eigenvalue weighted by Gasteiger charge is 2.51. The van der Waals surface area contributed by atoms with Crippen LogP contribution >= 0.6 is 0 Å². The molecule has 4 aliphatic carbocycles. The average molecular weight is 360 g/mol. The number of hydrogen-bond donors (Lipinski definition) is 1. The minimum atomic E-state index is -0.952. The summed E-state index contributed by atoms with van der Waals surface area (Å²) in [4.78, 5) is 37.3. The highest BCUT2D eigenvalue weighted by Crippen LogP contribution is 2.62. The van der Waals surface area contributed by atoms with Crippen LogP contribution in [0.25, 0.3) is 0 Å². The predicted molar refractivity (Wildman–Crippen MR) is 95.0 cm³/mol. The summed E-state index contributed by atoms with van der Waals surface area (Å²) >= 11 is 0. The lowest BCUT2D eigenvalue weighted by atomic mass is 9.48. The number of nitrogens with one attached hydrogen (secondary N) is 1. The second kappa shape index (κ2) is 6.39. The Morgan fingerprint density at radius 3 is 2.27 bits per heavy atom. The molecular formula is C20H28N2O4. The zero-order valence-corrected chi connectivity index (χ0v) is 15.6. The molecule has 1 saturated heterocycles. The molecule has 5 aliphatic rings. The SMILES string of the molecule is C/C(=C/C(=O)O[C@H](C)C(=O)N1CCNC1=O)C12CC3CC(CC(C3)C1)C2. The van der Waals surface area contributed by atoms with Crippen LogP contribution in [0, 0.1) is 23.2 Å². The number of imide groups is 1. The van der Waals surface area contributed by atoms with Crippen LogP contribution < -0.4 is 5.32 Å². The Balaban J connectivity index is 1.40. The first-order valence-corrected chi connectivity index (χ1v) is 9.85. The molecule has 0 unspecified atom stereocenters. The number of rotatable bonds is 4. The number of ether oxygens (including phenoxy) is 1. The van der Waals surface area contributed by atoms with Gasteiger partial charge in [-0.15, -0.1) is 0 Å². The van der Waals surface area contributed by atoms with E-state index in [2.05, 4.69) is 12.2 Å². The van der Waals surface area contributed by atoms with Crippen molar-refractivity contribution in [2.45, 2.75) is 58.5 Å².